The average molecular weight is 375 g/mol. The van der Waals surface area contributed by atoms with Gasteiger partial charge in [-0.2, -0.15) is 0 Å². The highest BCUT2D eigenvalue weighted by Gasteiger charge is 2.65. The Morgan fingerprint density at radius 3 is 2.46 bits per heavy atom. The van der Waals surface area contributed by atoms with E-state index >= 15 is 0 Å². The minimum absolute atomic E-state index is 0.135. The molecule has 2 amide bonds. The lowest BCUT2D eigenvalue weighted by molar-refractivity contribution is -0.884. The maximum atomic E-state index is 13.4. The summed E-state index contributed by atoms with van der Waals surface area (Å²) in [7, 11) is 1.57. The van der Waals surface area contributed by atoms with E-state index in [0.29, 0.717) is 11.3 Å². The lowest BCUT2D eigenvalue weighted by Crippen LogP contribution is -3.12. The predicted octanol–water partition coefficient (Wildman–Crippen LogP) is 0.759. The van der Waals surface area contributed by atoms with E-state index in [0.717, 1.165) is 16.0 Å². The van der Waals surface area contributed by atoms with Crippen LogP contribution >= 0.6 is 0 Å². The van der Waals surface area contributed by atoms with Gasteiger partial charge in [-0.3, -0.25) is 24.6 Å². The zero-order valence-electron chi connectivity index (χ0n) is 15.2. The van der Waals surface area contributed by atoms with Crippen LogP contribution < -0.4 is 15.0 Å². The van der Waals surface area contributed by atoms with E-state index in [1.807, 2.05) is 36.5 Å². The van der Waals surface area contributed by atoms with Crippen molar-refractivity contribution >= 4 is 23.7 Å². The Bertz CT molecular complexity index is 1030. The number of imide groups is 1. The molecule has 5 atom stereocenters. The molecule has 0 aliphatic carbocycles. The number of rotatable bonds is 3. The maximum absolute atomic E-state index is 13.4. The predicted molar refractivity (Wildman–Crippen MR) is 100 cm³/mol. The fourth-order valence-electron chi connectivity index (χ4n) is 4.90. The van der Waals surface area contributed by atoms with Crippen molar-refractivity contribution in [3.05, 3.63) is 71.4 Å². The smallest absolute Gasteiger partial charge is 0.237 e. The van der Waals surface area contributed by atoms with Gasteiger partial charge in [0, 0.05) is 11.1 Å². The highest BCUT2D eigenvalue weighted by atomic mass is 16.5. The quantitative estimate of drug-likeness (QED) is 0.614. The van der Waals surface area contributed by atoms with E-state index in [-0.39, 0.29) is 23.6 Å². The summed E-state index contributed by atoms with van der Waals surface area (Å²) >= 11 is 0. The summed E-state index contributed by atoms with van der Waals surface area (Å²) < 4.78 is 5.16. The van der Waals surface area contributed by atoms with Crippen LogP contribution in [0.2, 0.25) is 0 Å². The van der Waals surface area contributed by atoms with Crippen molar-refractivity contribution < 1.29 is 24.0 Å². The molecule has 0 radical (unpaired) electrons. The molecule has 2 aromatic rings. The minimum Gasteiger partial charge on any atom is -0.497 e. The molecular formula is C22H19N2O4+. The number of hydrogen-bond acceptors (Lipinski definition) is 4. The van der Waals surface area contributed by atoms with Crippen LogP contribution in [0.25, 0.3) is 6.08 Å². The van der Waals surface area contributed by atoms with Crippen LogP contribution in [0.15, 0.2) is 54.7 Å². The molecule has 1 unspecified atom stereocenters. The number of ether oxygens (including phenoxy) is 1. The summed E-state index contributed by atoms with van der Waals surface area (Å²) in [6.07, 6.45) is 3.90. The molecule has 2 N–H and O–H groups in total. The lowest BCUT2D eigenvalue weighted by Gasteiger charge is -2.29. The van der Waals surface area contributed by atoms with Crippen LogP contribution in [-0.4, -0.2) is 30.7 Å². The summed E-state index contributed by atoms with van der Waals surface area (Å²) in [4.78, 5) is 39.5. The molecule has 3 heterocycles. The zero-order chi connectivity index (χ0) is 19.4. The van der Waals surface area contributed by atoms with Crippen molar-refractivity contribution in [1.29, 1.82) is 0 Å². The first-order valence-electron chi connectivity index (χ1n) is 9.27. The number of carbonyl (C=O) groups is 3. The highest BCUT2D eigenvalue weighted by molar-refractivity contribution is 6.11. The molecule has 2 aromatic carbocycles. The summed E-state index contributed by atoms with van der Waals surface area (Å²) in [5.74, 6) is -1.32. The number of methoxy groups -OCH3 is 1. The van der Waals surface area contributed by atoms with Gasteiger partial charge in [0.1, 0.15) is 23.6 Å². The van der Waals surface area contributed by atoms with E-state index in [1.165, 1.54) is 0 Å². The fourth-order valence-corrected chi connectivity index (χ4v) is 4.90. The van der Waals surface area contributed by atoms with Crippen LogP contribution in [0.5, 0.6) is 5.75 Å². The molecule has 6 heteroatoms. The minimum atomic E-state index is -0.669. The molecule has 2 saturated heterocycles. The van der Waals surface area contributed by atoms with Gasteiger partial charge < -0.3 is 4.74 Å². The largest absolute Gasteiger partial charge is 0.497 e. The maximum Gasteiger partial charge on any atom is 0.237 e. The number of fused-ring (bicyclic) bond motifs is 5. The molecular weight excluding hydrogens is 356 g/mol. The third-order valence-corrected chi connectivity index (χ3v) is 6.12. The third kappa shape index (κ3) is 2.28. The molecule has 140 valence electrons. The first-order valence-corrected chi connectivity index (χ1v) is 9.27. The van der Waals surface area contributed by atoms with E-state index in [4.69, 9.17) is 4.74 Å². The van der Waals surface area contributed by atoms with Gasteiger partial charge in [-0.15, -0.1) is 0 Å². The van der Waals surface area contributed by atoms with Gasteiger partial charge >= 0.3 is 0 Å². The SMILES string of the molecule is COc1ccc(C(=O)[C@H]2[C@@H]3C(=O)NC(=O)[C@@H]3[C@H]3c4ccccc4C=C[NH+]32)cc1. The number of benzene rings is 2. The Morgan fingerprint density at radius 1 is 1.00 bits per heavy atom. The number of carbonyl (C=O) groups excluding carboxylic acids is 3. The molecule has 3 aliphatic heterocycles. The Hall–Kier alpha value is -3.25. The Labute approximate surface area is 161 Å². The summed E-state index contributed by atoms with van der Waals surface area (Å²) in [5, 5.41) is 2.45. The molecule has 3 aliphatic rings. The van der Waals surface area contributed by atoms with E-state index < -0.39 is 17.9 Å². The van der Waals surface area contributed by atoms with Crippen molar-refractivity contribution in [2.24, 2.45) is 11.8 Å². The van der Waals surface area contributed by atoms with Gasteiger partial charge in [0.2, 0.25) is 17.6 Å². The number of nitrogens with one attached hydrogen (secondary N) is 2. The molecule has 0 spiro atoms. The van der Waals surface area contributed by atoms with E-state index in [1.54, 1.807) is 31.4 Å². The van der Waals surface area contributed by atoms with E-state index in [9.17, 15) is 14.4 Å². The second-order valence-electron chi connectivity index (χ2n) is 7.42. The summed E-state index contributed by atoms with van der Waals surface area (Å²) in [6.45, 7) is 0. The second-order valence-corrected chi connectivity index (χ2v) is 7.42. The Kier molecular flexibility index (Phi) is 3.70. The standard InChI is InChI=1S/C22H18N2O4/c1-28-14-8-6-13(7-9-14)20(25)19-17-16(21(26)23-22(17)27)18-15-5-3-2-4-12(15)10-11-24(18)19/h2-11,16-19H,1H3,(H,23,26,27)/p+1/t16-,17+,18+,19+/m0/s1. The Balaban J connectivity index is 1.61. The first kappa shape index (κ1) is 16.9. The van der Waals surface area contributed by atoms with Gasteiger partial charge in [-0.1, -0.05) is 24.3 Å². The first-order chi connectivity index (χ1) is 13.6. The van der Waals surface area contributed by atoms with Crippen LogP contribution in [0.1, 0.15) is 27.5 Å². The van der Waals surface area contributed by atoms with Gasteiger partial charge in [0.05, 0.1) is 13.3 Å². The summed E-state index contributed by atoms with van der Waals surface area (Å²) in [6, 6.07) is 13.8. The van der Waals surface area contributed by atoms with Crippen molar-refractivity contribution in [2.45, 2.75) is 12.1 Å². The van der Waals surface area contributed by atoms with Crippen LogP contribution in [0, 0.1) is 11.8 Å². The van der Waals surface area contributed by atoms with Gasteiger partial charge in [0.15, 0.2) is 6.04 Å². The van der Waals surface area contributed by atoms with Crippen molar-refractivity contribution in [1.82, 2.24) is 5.32 Å². The van der Waals surface area contributed by atoms with Crippen molar-refractivity contribution in [3.8, 4) is 5.75 Å². The molecule has 0 bridgehead atoms. The molecule has 28 heavy (non-hydrogen) atoms. The highest BCUT2D eigenvalue weighted by Crippen LogP contribution is 2.41. The number of ketones is 1. The van der Waals surface area contributed by atoms with Crippen molar-refractivity contribution in [2.75, 3.05) is 7.11 Å². The van der Waals surface area contributed by atoms with Gasteiger partial charge in [-0.05, 0) is 35.9 Å². The van der Waals surface area contributed by atoms with Crippen LogP contribution in [0.4, 0.5) is 0 Å². The molecule has 0 saturated carbocycles. The van der Waals surface area contributed by atoms with E-state index in [2.05, 4.69) is 5.32 Å². The summed E-state index contributed by atoms with van der Waals surface area (Å²) in [5.41, 5.74) is 2.54. The normalized spacial score (nSPS) is 29.7. The average Bonchev–Trinajstić information content (AvgIpc) is 3.22. The lowest BCUT2D eigenvalue weighted by atomic mass is 9.83. The molecule has 6 nitrogen and oxygen atoms in total. The van der Waals surface area contributed by atoms with Crippen LogP contribution in [0.3, 0.4) is 0 Å². The van der Waals surface area contributed by atoms with Gasteiger partial charge in [0.25, 0.3) is 0 Å². The number of amides is 2. The monoisotopic (exact) mass is 375 g/mol. The second kappa shape index (κ2) is 6.14. The van der Waals surface area contributed by atoms with Crippen molar-refractivity contribution in [3.63, 3.8) is 0 Å². The van der Waals surface area contributed by atoms with Crippen LogP contribution in [-0.2, 0) is 9.59 Å². The number of Topliss-reactive ketones (excluding diaryl/α,β-unsaturated/α-hetero) is 1. The van der Waals surface area contributed by atoms with Gasteiger partial charge in [-0.25, -0.2) is 0 Å². The number of hydrogen-bond donors (Lipinski definition) is 2. The third-order valence-electron chi connectivity index (χ3n) is 6.12. The molecule has 0 aromatic heterocycles. The topological polar surface area (TPSA) is 76.9 Å². The Morgan fingerprint density at radius 2 is 1.71 bits per heavy atom. The molecule has 2 fully saturated rings. The zero-order valence-corrected chi connectivity index (χ0v) is 15.2. The number of quaternary nitrogens is 1. The fraction of sp³-hybridized carbons (Fsp3) is 0.227. The molecule has 5 rings (SSSR count).